The van der Waals surface area contributed by atoms with Crippen LogP contribution in [-0.2, 0) is 0 Å². The number of carbonyl (C=O) groups is 2. The van der Waals surface area contributed by atoms with E-state index in [2.05, 4.69) is 6.92 Å². The van der Waals surface area contributed by atoms with Crippen LogP contribution in [0.5, 0.6) is 0 Å². The average Bonchev–Trinajstić information content (AvgIpc) is 2.43. The van der Waals surface area contributed by atoms with Gasteiger partial charge in [0.15, 0.2) is 11.6 Å². The fraction of sp³-hybridized carbons (Fsp3) is 0.467. The Labute approximate surface area is 102 Å². The lowest BCUT2D eigenvalue weighted by Crippen LogP contribution is -2.19. The molecule has 2 nitrogen and oxygen atoms in total. The van der Waals surface area contributed by atoms with Crippen molar-refractivity contribution < 1.29 is 9.59 Å². The number of hydrogen-bond donors (Lipinski definition) is 0. The van der Waals surface area contributed by atoms with Crippen LogP contribution < -0.4 is 0 Å². The number of Topliss-reactive ketones (excluding diaryl/α,β-unsaturated/α-hetero) is 2. The van der Waals surface area contributed by atoms with E-state index in [0.29, 0.717) is 17.5 Å². The molecule has 0 aliphatic heterocycles. The molecule has 0 amide bonds. The van der Waals surface area contributed by atoms with Gasteiger partial charge in [-0.15, -0.1) is 0 Å². The third-order valence-electron chi connectivity index (χ3n) is 3.72. The first-order valence-electron chi connectivity index (χ1n) is 6.31. The number of carbonyl (C=O) groups excluding carboxylic acids is 2. The van der Waals surface area contributed by atoms with Crippen LogP contribution in [0.25, 0.3) is 0 Å². The zero-order chi connectivity index (χ0) is 12.4. The molecule has 2 atom stereocenters. The molecule has 1 aliphatic rings. The Hall–Kier alpha value is -1.44. The summed E-state index contributed by atoms with van der Waals surface area (Å²) in [6, 6.07) is 7.21. The number of rotatable bonds is 2. The minimum Gasteiger partial charge on any atom is -0.294 e. The fourth-order valence-corrected chi connectivity index (χ4v) is 2.65. The molecule has 2 heteroatoms. The van der Waals surface area contributed by atoms with E-state index in [4.69, 9.17) is 0 Å². The second-order valence-corrected chi connectivity index (χ2v) is 4.87. The minimum absolute atomic E-state index is 0.0393. The predicted octanol–water partition coefficient (Wildman–Crippen LogP) is 3.51. The maximum absolute atomic E-state index is 12.3. The summed E-state index contributed by atoms with van der Waals surface area (Å²) in [5.41, 5.74) is 1.23. The Morgan fingerprint density at radius 1 is 1.18 bits per heavy atom. The van der Waals surface area contributed by atoms with E-state index in [1.54, 1.807) is 12.1 Å². The molecule has 0 saturated carbocycles. The SMILES string of the molecule is CCCC1CC(=O)c2ccccc2C(=O)C1C. The largest absolute Gasteiger partial charge is 0.294 e. The molecule has 2 unspecified atom stereocenters. The van der Waals surface area contributed by atoms with Gasteiger partial charge < -0.3 is 0 Å². The molecular formula is C15H18O2. The van der Waals surface area contributed by atoms with Crippen LogP contribution in [0.1, 0.15) is 53.8 Å². The Morgan fingerprint density at radius 3 is 2.47 bits per heavy atom. The van der Waals surface area contributed by atoms with Crippen LogP contribution in [-0.4, -0.2) is 11.6 Å². The van der Waals surface area contributed by atoms with Crippen LogP contribution >= 0.6 is 0 Å². The van der Waals surface area contributed by atoms with Gasteiger partial charge >= 0.3 is 0 Å². The quantitative estimate of drug-likeness (QED) is 0.728. The molecule has 0 aromatic heterocycles. The Morgan fingerprint density at radius 2 is 1.82 bits per heavy atom. The molecule has 0 saturated heterocycles. The highest BCUT2D eigenvalue weighted by Gasteiger charge is 2.32. The summed E-state index contributed by atoms with van der Waals surface area (Å²) >= 11 is 0. The molecule has 2 rings (SSSR count). The van der Waals surface area contributed by atoms with Crippen LogP contribution in [0.2, 0.25) is 0 Å². The second kappa shape index (κ2) is 4.82. The summed E-state index contributed by atoms with van der Waals surface area (Å²) in [5.74, 6) is 0.414. The van der Waals surface area contributed by atoms with Gasteiger partial charge in [-0.25, -0.2) is 0 Å². The van der Waals surface area contributed by atoms with Gasteiger partial charge in [-0.2, -0.15) is 0 Å². The van der Waals surface area contributed by atoms with E-state index in [1.807, 2.05) is 19.1 Å². The van der Waals surface area contributed by atoms with Gasteiger partial charge in [0.2, 0.25) is 0 Å². The van der Waals surface area contributed by atoms with Crippen LogP contribution in [0.4, 0.5) is 0 Å². The summed E-state index contributed by atoms with van der Waals surface area (Å²) in [7, 11) is 0. The van der Waals surface area contributed by atoms with Crippen molar-refractivity contribution in [2.75, 3.05) is 0 Å². The van der Waals surface area contributed by atoms with Gasteiger partial charge in [0.1, 0.15) is 0 Å². The van der Waals surface area contributed by atoms with Crippen LogP contribution in [0.15, 0.2) is 24.3 Å². The molecule has 0 heterocycles. The first-order valence-corrected chi connectivity index (χ1v) is 6.31. The topological polar surface area (TPSA) is 34.1 Å². The van der Waals surface area contributed by atoms with Gasteiger partial charge in [-0.05, 0) is 12.3 Å². The van der Waals surface area contributed by atoms with Gasteiger partial charge in [0.05, 0.1) is 0 Å². The van der Waals surface area contributed by atoms with E-state index >= 15 is 0 Å². The zero-order valence-electron chi connectivity index (χ0n) is 10.4. The van der Waals surface area contributed by atoms with E-state index in [-0.39, 0.29) is 23.4 Å². The Bertz CT molecular complexity index is 448. The highest BCUT2D eigenvalue weighted by Crippen LogP contribution is 2.31. The number of ketones is 2. The molecule has 0 radical (unpaired) electrons. The van der Waals surface area contributed by atoms with E-state index in [1.165, 1.54) is 0 Å². The number of hydrogen-bond acceptors (Lipinski definition) is 2. The van der Waals surface area contributed by atoms with Crippen LogP contribution in [0, 0.1) is 11.8 Å². The molecule has 1 aromatic rings. The molecule has 1 aliphatic carbocycles. The van der Waals surface area contributed by atoms with Crippen molar-refractivity contribution >= 4 is 11.6 Å². The molecule has 90 valence electrons. The average molecular weight is 230 g/mol. The molecule has 0 bridgehead atoms. The fourth-order valence-electron chi connectivity index (χ4n) is 2.65. The highest BCUT2D eigenvalue weighted by atomic mass is 16.1. The van der Waals surface area contributed by atoms with E-state index in [9.17, 15) is 9.59 Å². The summed E-state index contributed by atoms with van der Waals surface area (Å²) in [4.78, 5) is 24.4. The Balaban J connectivity index is 2.43. The molecule has 17 heavy (non-hydrogen) atoms. The number of benzene rings is 1. The third kappa shape index (κ3) is 2.17. The molecule has 0 fully saturated rings. The molecular weight excluding hydrogens is 212 g/mol. The summed E-state index contributed by atoms with van der Waals surface area (Å²) in [6.45, 7) is 4.05. The van der Waals surface area contributed by atoms with Gasteiger partial charge in [0, 0.05) is 23.5 Å². The standard InChI is InChI=1S/C15H18O2/c1-3-6-11-9-14(16)12-7-4-5-8-13(12)15(17)10(11)2/h4-5,7-8,10-11H,3,6,9H2,1-2H3. The highest BCUT2D eigenvalue weighted by molar-refractivity contribution is 6.11. The number of fused-ring (bicyclic) bond motifs is 1. The van der Waals surface area contributed by atoms with Crippen molar-refractivity contribution in [1.29, 1.82) is 0 Å². The summed E-state index contributed by atoms with van der Waals surface area (Å²) < 4.78 is 0. The normalized spacial score (nSPS) is 24.4. The molecule has 0 N–H and O–H groups in total. The maximum atomic E-state index is 12.3. The van der Waals surface area contributed by atoms with Gasteiger partial charge in [-0.3, -0.25) is 9.59 Å². The minimum atomic E-state index is -0.0393. The van der Waals surface area contributed by atoms with E-state index in [0.717, 1.165) is 12.8 Å². The van der Waals surface area contributed by atoms with Crippen molar-refractivity contribution in [3.8, 4) is 0 Å². The van der Waals surface area contributed by atoms with Gasteiger partial charge in [0.25, 0.3) is 0 Å². The van der Waals surface area contributed by atoms with Crippen molar-refractivity contribution in [1.82, 2.24) is 0 Å². The van der Waals surface area contributed by atoms with E-state index < -0.39 is 0 Å². The zero-order valence-corrected chi connectivity index (χ0v) is 10.4. The van der Waals surface area contributed by atoms with Crippen molar-refractivity contribution in [2.45, 2.75) is 33.1 Å². The summed E-state index contributed by atoms with van der Waals surface area (Å²) in [5, 5.41) is 0. The first kappa shape index (κ1) is 12.0. The van der Waals surface area contributed by atoms with Gasteiger partial charge in [-0.1, -0.05) is 44.5 Å². The Kier molecular flexibility index (Phi) is 3.41. The smallest absolute Gasteiger partial charge is 0.166 e. The lowest BCUT2D eigenvalue weighted by Gasteiger charge is -2.18. The monoisotopic (exact) mass is 230 g/mol. The van der Waals surface area contributed by atoms with Crippen molar-refractivity contribution in [3.05, 3.63) is 35.4 Å². The lowest BCUT2D eigenvalue weighted by atomic mass is 9.84. The predicted molar refractivity (Wildman–Crippen MR) is 67.3 cm³/mol. The molecule has 1 aromatic carbocycles. The maximum Gasteiger partial charge on any atom is 0.166 e. The second-order valence-electron chi connectivity index (χ2n) is 4.87. The van der Waals surface area contributed by atoms with Crippen LogP contribution in [0.3, 0.4) is 0 Å². The van der Waals surface area contributed by atoms with Crippen molar-refractivity contribution in [3.63, 3.8) is 0 Å². The van der Waals surface area contributed by atoms with Crippen molar-refractivity contribution in [2.24, 2.45) is 11.8 Å². The third-order valence-corrected chi connectivity index (χ3v) is 3.72. The lowest BCUT2D eigenvalue weighted by molar-refractivity contribution is 0.0869. The first-order chi connectivity index (χ1) is 8.15. The molecule has 0 spiro atoms. The summed E-state index contributed by atoms with van der Waals surface area (Å²) in [6.07, 6.45) is 2.48.